The standard InChI is InChI=1S/C51H86O5/c1-4-7-10-13-16-19-21-23-24-25-26-27-28-30-31-33-35-38-41-44-50(52)55-48-49(47-54-46-43-40-37-18-15-12-9-6-3)56-51(53)45-42-39-36-34-32-29-22-20-17-14-11-8-5-2/h7,10-11,14,16,19-20,22-24,26-27,30-31,49H,4-6,8-9,12-13,15,17-18,21,25,28-29,32-48H2,1-3H3/b10-7-,14-11-,19-16-,22-20-,24-23-,27-26-,31-30-. The molecule has 0 aromatic carbocycles. The van der Waals surface area contributed by atoms with E-state index in [1.54, 1.807) is 0 Å². The second kappa shape index (κ2) is 46.5. The number of rotatable bonds is 41. The molecule has 0 N–H and O–H groups in total. The monoisotopic (exact) mass is 779 g/mol. The first-order chi connectivity index (χ1) is 27.6. The third-order valence-electron chi connectivity index (χ3n) is 9.40. The van der Waals surface area contributed by atoms with Crippen molar-refractivity contribution in [1.82, 2.24) is 0 Å². The maximum atomic E-state index is 12.7. The van der Waals surface area contributed by atoms with Gasteiger partial charge in [-0.1, -0.05) is 183 Å². The fraction of sp³-hybridized carbons (Fsp3) is 0.686. The van der Waals surface area contributed by atoms with E-state index in [2.05, 4.69) is 106 Å². The van der Waals surface area contributed by atoms with Gasteiger partial charge in [-0.3, -0.25) is 9.59 Å². The highest BCUT2D eigenvalue weighted by molar-refractivity contribution is 5.70. The van der Waals surface area contributed by atoms with Gasteiger partial charge in [0.25, 0.3) is 0 Å². The van der Waals surface area contributed by atoms with Gasteiger partial charge in [0.2, 0.25) is 0 Å². The molecule has 1 atom stereocenters. The van der Waals surface area contributed by atoms with Crippen LogP contribution in [-0.4, -0.2) is 37.9 Å². The minimum absolute atomic E-state index is 0.0595. The lowest BCUT2D eigenvalue weighted by Crippen LogP contribution is -2.30. The van der Waals surface area contributed by atoms with Gasteiger partial charge in [0.15, 0.2) is 6.10 Å². The van der Waals surface area contributed by atoms with E-state index >= 15 is 0 Å². The average Bonchev–Trinajstić information content (AvgIpc) is 3.20. The van der Waals surface area contributed by atoms with Crippen LogP contribution in [-0.2, 0) is 23.8 Å². The van der Waals surface area contributed by atoms with Crippen LogP contribution in [0.3, 0.4) is 0 Å². The smallest absolute Gasteiger partial charge is 0.306 e. The zero-order chi connectivity index (χ0) is 40.7. The van der Waals surface area contributed by atoms with E-state index in [1.807, 2.05) is 0 Å². The van der Waals surface area contributed by atoms with Crippen molar-refractivity contribution in [2.24, 2.45) is 0 Å². The topological polar surface area (TPSA) is 61.8 Å². The molecule has 0 radical (unpaired) electrons. The lowest BCUT2D eigenvalue weighted by molar-refractivity contribution is -0.163. The van der Waals surface area contributed by atoms with Crippen LogP contribution in [0.5, 0.6) is 0 Å². The molecule has 5 nitrogen and oxygen atoms in total. The van der Waals surface area contributed by atoms with E-state index in [9.17, 15) is 9.59 Å². The summed E-state index contributed by atoms with van der Waals surface area (Å²) >= 11 is 0. The largest absolute Gasteiger partial charge is 0.462 e. The Morgan fingerprint density at radius 3 is 1.38 bits per heavy atom. The number of ether oxygens (including phenoxy) is 3. The molecule has 0 amide bonds. The Labute approximate surface area is 346 Å². The molecule has 0 bridgehead atoms. The Morgan fingerprint density at radius 1 is 0.411 bits per heavy atom. The van der Waals surface area contributed by atoms with Crippen LogP contribution in [0.2, 0.25) is 0 Å². The van der Waals surface area contributed by atoms with Crippen molar-refractivity contribution in [3.63, 3.8) is 0 Å². The number of esters is 2. The van der Waals surface area contributed by atoms with Crippen molar-refractivity contribution < 1.29 is 23.8 Å². The molecular formula is C51H86O5. The highest BCUT2D eigenvalue weighted by atomic mass is 16.6. The molecule has 5 heteroatoms. The van der Waals surface area contributed by atoms with Gasteiger partial charge < -0.3 is 14.2 Å². The van der Waals surface area contributed by atoms with Crippen LogP contribution < -0.4 is 0 Å². The number of carbonyl (C=O) groups excluding carboxylic acids is 2. The number of allylic oxidation sites excluding steroid dienone is 14. The predicted molar refractivity (Wildman–Crippen MR) is 242 cm³/mol. The fourth-order valence-electron chi connectivity index (χ4n) is 5.98. The quantitative estimate of drug-likeness (QED) is 0.0351. The summed E-state index contributed by atoms with van der Waals surface area (Å²) in [5.74, 6) is -0.456. The van der Waals surface area contributed by atoms with Crippen LogP contribution >= 0.6 is 0 Å². The maximum Gasteiger partial charge on any atom is 0.306 e. The van der Waals surface area contributed by atoms with Gasteiger partial charge in [-0.2, -0.15) is 0 Å². The summed E-state index contributed by atoms with van der Waals surface area (Å²) in [5, 5.41) is 0. The normalized spacial score (nSPS) is 13.0. The van der Waals surface area contributed by atoms with Crippen molar-refractivity contribution in [2.45, 2.75) is 207 Å². The second-order valence-electron chi connectivity index (χ2n) is 14.9. The third-order valence-corrected chi connectivity index (χ3v) is 9.40. The van der Waals surface area contributed by atoms with E-state index in [-0.39, 0.29) is 25.2 Å². The zero-order valence-electron chi connectivity index (χ0n) is 36.6. The Balaban J connectivity index is 4.27. The molecule has 0 aliphatic carbocycles. The van der Waals surface area contributed by atoms with Gasteiger partial charge in [-0.05, 0) is 89.9 Å². The zero-order valence-corrected chi connectivity index (χ0v) is 36.6. The molecule has 0 rings (SSSR count). The minimum atomic E-state index is -0.556. The Kier molecular flexibility index (Phi) is 44.0. The van der Waals surface area contributed by atoms with Gasteiger partial charge in [0.1, 0.15) is 6.61 Å². The van der Waals surface area contributed by atoms with Gasteiger partial charge in [-0.25, -0.2) is 0 Å². The van der Waals surface area contributed by atoms with Crippen molar-refractivity contribution >= 4 is 11.9 Å². The average molecular weight is 779 g/mol. The number of unbranched alkanes of at least 4 members (excludes halogenated alkanes) is 16. The summed E-state index contributed by atoms with van der Waals surface area (Å²) in [7, 11) is 0. The molecule has 0 aliphatic heterocycles. The van der Waals surface area contributed by atoms with Crippen LogP contribution in [0.4, 0.5) is 0 Å². The molecule has 0 heterocycles. The molecule has 0 aromatic heterocycles. The van der Waals surface area contributed by atoms with Crippen LogP contribution in [0.25, 0.3) is 0 Å². The SMILES string of the molecule is CC/C=C\C/C=C\C/C=C\C/C=C\C/C=C\CCCCCC(=O)OCC(COCCCCCCCCCC)OC(=O)CCCCCCC/C=C\C/C=C\CCC. The first-order valence-electron chi connectivity index (χ1n) is 23.1. The highest BCUT2D eigenvalue weighted by Crippen LogP contribution is 2.12. The predicted octanol–water partition coefficient (Wildman–Crippen LogP) is 15.3. The van der Waals surface area contributed by atoms with Gasteiger partial charge in [0.05, 0.1) is 6.61 Å². The Bertz CT molecular complexity index is 1060. The van der Waals surface area contributed by atoms with Crippen LogP contribution in [0.1, 0.15) is 201 Å². The molecular weight excluding hydrogens is 693 g/mol. The van der Waals surface area contributed by atoms with E-state index in [1.165, 1.54) is 57.8 Å². The summed E-state index contributed by atoms with van der Waals surface area (Å²) in [4.78, 5) is 25.2. The van der Waals surface area contributed by atoms with Crippen molar-refractivity contribution in [3.8, 4) is 0 Å². The van der Waals surface area contributed by atoms with Gasteiger partial charge in [-0.15, -0.1) is 0 Å². The van der Waals surface area contributed by atoms with Crippen LogP contribution in [0.15, 0.2) is 85.1 Å². The molecule has 0 aliphatic rings. The fourth-order valence-corrected chi connectivity index (χ4v) is 5.98. The summed E-state index contributed by atoms with van der Waals surface area (Å²) in [6.07, 6.45) is 60.1. The minimum Gasteiger partial charge on any atom is -0.462 e. The van der Waals surface area contributed by atoms with Crippen LogP contribution in [0, 0.1) is 0 Å². The summed E-state index contributed by atoms with van der Waals surface area (Å²) in [5.41, 5.74) is 0. The van der Waals surface area contributed by atoms with Crippen molar-refractivity contribution in [2.75, 3.05) is 19.8 Å². The van der Waals surface area contributed by atoms with Crippen molar-refractivity contribution in [3.05, 3.63) is 85.1 Å². The first kappa shape index (κ1) is 53.1. The maximum absolute atomic E-state index is 12.7. The number of carbonyl (C=O) groups is 2. The van der Waals surface area contributed by atoms with Gasteiger partial charge in [0, 0.05) is 19.4 Å². The lowest BCUT2D eigenvalue weighted by Gasteiger charge is -2.18. The number of hydrogen-bond acceptors (Lipinski definition) is 5. The highest BCUT2D eigenvalue weighted by Gasteiger charge is 2.17. The molecule has 0 fully saturated rings. The summed E-state index contributed by atoms with van der Waals surface area (Å²) in [6.45, 7) is 7.57. The molecule has 1 unspecified atom stereocenters. The molecule has 56 heavy (non-hydrogen) atoms. The number of hydrogen-bond donors (Lipinski definition) is 0. The summed E-state index contributed by atoms with van der Waals surface area (Å²) in [6, 6.07) is 0. The van der Waals surface area contributed by atoms with Crippen molar-refractivity contribution in [1.29, 1.82) is 0 Å². The molecule has 0 saturated carbocycles. The Morgan fingerprint density at radius 2 is 0.839 bits per heavy atom. The Hall–Kier alpha value is -2.92. The second-order valence-corrected chi connectivity index (χ2v) is 14.9. The van der Waals surface area contributed by atoms with Gasteiger partial charge >= 0.3 is 11.9 Å². The van der Waals surface area contributed by atoms with E-state index in [4.69, 9.17) is 14.2 Å². The lowest BCUT2D eigenvalue weighted by atomic mass is 10.1. The molecule has 320 valence electrons. The molecule has 0 aromatic rings. The van der Waals surface area contributed by atoms with E-state index < -0.39 is 6.10 Å². The molecule has 0 spiro atoms. The third kappa shape index (κ3) is 43.8. The molecule has 0 saturated heterocycles. The summed E-state index contributed by atoms with van der Waals surface area (Å²) < 4.78 is 17.2. The van der Waals surface area contributed by atoms with E-state index in [0.717, 1.165) is 109 Å². The first-order valence-corrected chi connectivity index (χ1v) is 23.1. The van der Waals surface area contributed by atoms with E-state index in [0.29, 0.717) is 19.4 Å².